The third-order valence-electron chi connectivity index (χ3n) is 8.59. The number of hydrogen-bond acceptors (Lipinski definition) is 7. The van der Waals surface area contributed by atoms with Crippen LogP contribution in [-0.4, -0.2) is 52.4 Å². The number of anilines is 4. The van der Waals surface area contributed by atoms with Crippen LogP contribution in [0.25, 0.3) is 0 Å². The van der Waals surface area contributed by atoms with Crippen molar-refractivity contribution in [1.29, 1.82) is 0 Å². The van der Waals surface area contributed by atoms with Crippen molar-refractivity contribution in [2.24, 2.45) is 0 Å². The van der Waals surface area contributed by atoms with Gasteiger partial charge < -0.3 is 26.2 Å². The molecule has 0 unspecified atom stereocenters. The van der Waals surface area contributed by atoms with E-state index in [9.17, 15) is 9.59 Å². The SMILES string of the molecule is CC1(C)C(=O)Nc2cccc(CNc3nc(Nc4ccc(C5CCN(C(=O)[C@@H]6CCCN6)CC5)cc4)ncc3Cl)c21. The van der Waals surface area contributed by atoms with Crippen molar-refractivity contribution < 1.29 is 9.59 Å². The average molecular weight is 574 g/mol. The fourth-order valence-corrected chi connectivity index (χ4v) is 6.39. The molecule has 3 aromatic rings. The van der Waals surface area contributed by atoms with Crippen LogP contribution in [0.15, 0.2) is 48.7 Å². The van der Waals surface area contributed by atoms with Gasteiger partial charge in [-0.1, -0.05) is 35.9 Å². The monoisotopic (exact) mass is 573 g/mol. The van der Waals surface area contributed by atoms with Crippen LogP contribution in [0.2, 0.25) is 5.02 Å². The van der Waals surface area contributed by atoms with Crippen LogP contribution in [-0.2, 0) is 21.5 Å². The van der Waals surface area contributed by atoms with E-state index < -0.39 is 5.41 Å². The second-order valence-corrected chi connectivity index (χ2v) is 12.1. The van der Waals surface area contributed by atoms with Gasteiger partial charge in [-0.2, -0.15) is 4.98 Å². The first kappa shape index (κ1) is 27.5. The van der Waals surface area contributed by atoms with Gasteiger partial charge in [0.05, 0.1) is 17.7 Å². The normalized spacial score (nSPS) is 20.0. The Morgan fingerprint density at radius 1 is 1.12 bits per heavy atom. The second-order valence-electron chi connectivity index (χ2n) is 11.7. The first-order valence-electron chi connectivity index (χ1n) is 14.4. The number of nitrogens with zero attached hydrogens (tertiary/aromatic N) is 3. The molecule has 0 bridgehead atoms. The van der Waals surface area contributed by atoms with Crippen LogP contribution in [0.3, 0.4) is 0 Å². The first-order chi connectivity index (χ1) is 19.8. The molecule has 1 aromatic heterocycles. The van der Waals surface area contributed by atoms with Gasteiger partial charge in [0, 0.05) is 31.0 Å². The average Bonchev–Trinajstić information content (AvgIpc) is 3.60. The van der Waals surface area contributed by atoms with E-state index >= 15 is 0 Å². The van der Waals surface area contributed by atoms with Gasteiger partial charge in [0.2, 0.25) is 17.8 Å². The third kappa shape index (κ3) is 5.61. The summed E-state index contributed by atoms with van der Waals surface area (Å²) in [5, 5.41) is 13.3. The Morgan fingerprint density at radius 2 is 1.90 bits per heavy atom. The van der Waals surface area contributed by atoms with Gasteiger partial charge in [-0.3, -0.25) is 9.59 Å². The van der Waals surface area contributed by atoms with Crippen LogP contribution < -0.4 is 21.3 Å². The molecule has 0 radical (unpaired) electrons. The summed E-state index contributed by atoms with van der Waals surface area (Å²) in [6.45, 7) is 6.90. The summed E-state index contributed by atoms with van der Waals surface area (Å²) in [5.74, 6) is 1.66. The zero-order chi connectivity index (χ0) is 28.6. The van der Waals surface area contributed by atoms with Crippen LogP contribution in [0.4, 0.5) is 23.1 Å². The van der Waals surface area contributed by atoms with E-state index in [4.69, 9.17) is 11.6 Å². The van der Waals surface area contributed by atoms with Crippen molar-refractivity contribution in [3.8, 4) is 0 Å². The first-order valence-corrected chi connectivity index (χ1v) is 14.8. The predicted octanol–water partition coefficient (Wildman–Crippen LogP) is 5.17. The van der Waals surface area contributed by atoms with E-state index in [0.29, 0.717) is 29.3 Å². The highest BCUT2D eigenvalue weighted by Crippen LogP contribution is 2.40. The van der Waals surface area contributed by atoms with E-state index in [1.165, 1.54) is 5.56 Å². The Labute approximate surface area is 245 Å². The molecule has 0 saturated carbocycles. The number of benzene rings is 2. The molecule has 9 nitrogen and oxygen atoms in total. The minimum absolute atomic E-state index is 0.00467. The van der Waals surface area contributed by atoms with E-state index in [-0.39, 0.29) is 17.9 Å². The van der Waals surface area contributed by atoms with E-state index in [1.54, 1.807) is 6.20 Å². The Kier molecular flexibility index (Phi) is 7.57. The number of amides is 2. The summed E-state index contributed by atoms with van der Waals surface area (Å²) >= 11 is 6.43. The molecule has 2 amide bonds. The third-order valence-corrected chi connectivity index (χ3v) is 8.86. The number of piperidine rings is 1. The maximum atomic E-state index is 12.7. The second kappa shape index (κ2) is 11.3. The van der Waals surface area contributed by atoms with Crippen LogP contribution in [0, 0.1) is 0 Å². The van der Waals surface area contributed by atoms with Gasteiger partial charge in [0.25, 0.3) is 0 Å². The molecular weight excluding hydrogens is 538 g/mol. The van der Waals surface area contributed by atoms with Crippen LogP contribution in [0.1, 0.15) is 62.1 Å². The van der Waals surface area contributed by atoms with Crippen molar-refractivity contribution in [1.82, 2.24) is 20.2 Å². The summed E-state index contributed by atoms with van der Waals surface area (Å²) < 4.78 is 0. The number of fused-ring (bicyclic) bond motifs is 1. The quantitative estimate of drug-likeness (QED) is 0.308. The molecular formula is C31H36ClN7O2. The number of carbonyl (C=O) groups excluding carboxylic acids is 2. The van der Waals surface area contributed by atoms with Gasteiger partial charge >= 0.3 is 0 Å². The van der Waals surface area contributed by atoms with Crippen molar-refractivity contribution in [2.45, 2.75) is 63.5 Å². The number of nitrogens with one attached hydrogen (secondary N) is 4. The number of hydrogen-bond donors (Lipinski definition) is 4. The fourth-order valence-electron chi connectivity index (χ4n) is 6.23. The molecule has 2 aromatic carbocycles. The minimum Gasteiger partial charge on any atom is -0.365 e. The van der Waals surface area contributed by atoms with Gasteiger partial charge in [-0.25, -0.2) is 4.98 Å². The standard InChI is InChI=1S/C31H36ClN7O2/c1-31(2)26-21(5-3-6-24(26)37-29(31)41)17-34-27-23(32)18-35-30(38-27)36-22-10-8-19(9-11-22)20-12-15-39(16-13-20)28(40)25-7-4-14-33-25/h3,5-6,8-11,18,20,25,33H,4,7,12-17H2,1-2H3,(H,37,41)(H2,34,35,36,38)/t25-/m0/s1. The smallest absolute Gasteiger partial charge is 0.239 e. The predicted molar refractivity (Wildman–Crippen MR) is 162 cm³/mol. The highest BCUT2D eigenvalue weighted by Gasteiger charge is 2.40. The molecule has 2 saturated heterocycles. The molecule has 3 aliphatic heterocycles. The number of aromatic nitrogens is 2. The van der Waals surface area contributed by atoms with Crippen molar-refractivity contribution in [3.63, 3.8) is 0 Å². The lowest BCUT2D eigenvalue weighted by molar-refractivity contribution is -0.134. The van der Waals surface area contributed by atoms with Crippen molar-refractivity contribution >= 4 is 46.6 Å². The number of halogens is 1. The topological polar surface area (TPSA) is 111 Å². The fraction of sp³-hybridized carbons (Fsp3) is 0.419. The molecule has 1 atom stereocenters. The minimum atomic E-state index is -0.608. The van der Waals surface area contributed by atoms with E-state index in [0.717, 1.165) is 67.8 Å². The Hall–Kier alpha value is -3.69. The van der Waals surface area contributed by atoms with Gasteiger partial charge in [0.15, 0.2) is 5.82 Å². The maximum Gasteiger partial charge on any atom is 0.239 e. The Morgan fingerprint density at radius 3 is 2.63 bits per heavy atom. The number of rotatable bonds is 7. The maximum absolute atomic E-state index is 12.7. The molecule has 0 spiro atoms. The summed E-state index contributed by atoms with van der Waals surface area (Å²) in [6.07, 6.45) is 5.57. The zero-order valence-corrected chi connectivity index (χ0v) is 24.2. The largest absolute Gasteiger partial charge is 0.365 e. The van der Waals surface area contributed by atoms with Crippen molar-refractivity contribution in [2.75, 3.05) is 35.6 Å². The summed E-state index contributed by atoms with van der Waals surface area (Å²) in [5.41, 5.74) is 4.41. The number of likely N-dealkylation sites (tertiary alicyclic amines) is 1. The lowest BCUT2D eigenvalue weighted by Crippen LogP contribution is -2.46. The molecule has 10 heteroatoms. The Balaban J connectivity index is 1.07. The van der Waals surface area contributed by atoms with Gasteiger partial charge in [-0.15, -0.1) is 0 Å². The molecule has 6 rings (SSSR count). The zero-order valence-electron chi connectivity index (χ0n) is 23.5. The van der Waals surface area contributed by atoms with Crippen molar-refractivity contribution in [3.05, 3.63) is 70.4 Å². The molecule has 2 fully saturated rings. The summed E-state index contributed by atoms with van der Waals surface area (Å²) in [7, 11) is 0. The van der Waals surface area contributed by atoms with Crippen LogP contribution in [0.5, 0.6) is 0 Å². The van der Waals surface area contributed by atoms with E-state index in [1.807, 2.05) is 49.1 Å². The molecule has 4 N–H and O–H groups in total. The highest BCUT2D eigenvalue weighted by atomic mass is 35.5. The molecule has 3 aliphatic rings. The molecule has 214 valence electrons. The highest BCUT2D eigenvalue weighted by molar-refractivity contribution is 6.32. The van der Waals surface area contributed by atoms with Crippen LogP contribution >= 0.6 is 11.6 Å². The summed E-state index contributed by atoms with van der Waals surface area (Å²) in [6, 6.07) is 14.3. The van der Waals surface area contributed by atoms with Gasteiger partial charge in [-0.05, 0) is 86.9 Å². The lowest BCUT2D eigenvalue weighted by Gasteiger charge is -2.33. The molecule has 0 aliphatic carbocycles. The number of carbonyl (C=O) groups is 2. The summed E-state index contributed by atoms with van der Waals surface area (Å²) in [4.78, 5) is 36.2. The molecule has 4 heterocycles. The van der Waals surface area contributed by atoms with Gasteiger partial charge in [0.1, 0.15) is 5.02 Å². The van der Waals surface area contributed by atoms with E-state index in [2.05, 4.69) is 43.4 Å². The lowest BCUT2D eigenvalue weighted by atomic mass is 9.83. The molecule has 41 heavy (non-hydrogen) atoms. The Bertz CT molecular complexity index is 1450.